The standard InChI is InChI=1S/C16H25N3O2/c1-16(2)12-17-8-9-19(16)11-15(20)18-10-13-6-4-5-7-14(13)21-3/h4-7,17H,8-12H2,1-3H3,(H,18,20). The van der Waals surface area contributed by atoms with Crippen LogP contribution in [0.5, 0.6) is 5.75 Å². The van der Waals surface area contributed by atoms with Crippen molar-refractivity contribution in [3.63, 3.8) is 0 Å². The van der Waals surface area contributed by atoms with Crippen LogP contribution < -0.4 is 15.4 Å². The van der Waals surface area contributed by atoms with Gasteiger partial charge in [0.15, 0.2) is 0 Å². The van der Waals surface area contributed by atoms with Crippen LogP contribution in [0.4, 0.5) is 0 Å². The van der Waals surface area contributed by atoms with Gasteiger partial charge in [-0.1, -0.05) is 18.2 Å². The van der Waals surface area contributed by atoms with E-state index in [4.69, 9.17) is 4.74 Å². The number of benzene rings is 1. The highest BCUT2D eigenvalue weighted by Crippen LogP contribution is 2.17. The summed E-state index contributed by atoms with van der Waals surface area (Å²) in [7, 11) is 1.64. The van der Waals surface area contributed by atoms with Crippen LogP contribution in [-0.4, -0.2) is 49.6 Å². The van der Waals surface area contributed by atoms with E-state index < -0.39 is 0 Å². The van der Waals surface area contributed by atoms with E-state index in [2.05, 4.69) is 29.4 Å². The summed E-state index contributed by atoms with van der Waals surface area (Å²) in [5.41, 5.74) is 1.01. The fraction of sp³-hybridized carbons (Fsp3) is 0.562. The maximum absolute atomic E-state index is 12.2. The second-order valence-corrected chi connectivity index (χ2v) is 6.00. The number of rotatable bonds is 5. The molecule has 116 valence electrons. The number of hydrogen-bond acceptors (Lipinski definition) is 4. The molecule has 5 heteroatoms. The van der Waals surface area contributed by atoms with Gasteiger partial charge in [0, 0.05) is 37.3 Å². The molecule has 0 atom stereocenters. The molecule has 0 unspecified atom stereocenters. The van der Waals surface area contributed by atoms with Gasteiger partial charge in [0.25, 0.3) is 0 Å². The van der Waals surface area contributed by atoms with E-state index in [1.165, 1.54) is 0 Å². The third-order valence-electron chi connectivity index (χ3n) is 3.98. The van der Waals surface area contributed by atoms with Crippen molar-refractivity contribution in [2.45, 2.75) is 25.9 Å². The van der Waals surface area contributed by atoms with Crippen LogP contribution in [0.15, 0.2) is 24.3 Å². The maximum atomic E-state index is 12.2. The van der Waals surface area contributed by atoms with Crippen LogP contribution in [-0.2, 0) is 11.3 Å². The van der Waals surface area contributed by atoms with E-state index in [0.29, 0.717) is 13.1 Å². The molecule has 0 bridgehead atoms. The zero-order valence-corrected chi connectivity index (χ0v) is 13.1. The molecule has 1 aliphatic rings. The number of para-hydroxylation sites is 1. The van der Waals surface area contributed by atoms with Gasteiger partial charge in [-0.15, -0.1) is 0 Å². The molecule has 2 rings (SSSR count). The highest BCUT2D eigenvalue weighted by Gasteiger charge is 2.30. The zero-order valence-electron chi connectivity index (χ0n) is 13.1. The average Bonchev–Trinajstić information content (AvgIpc) is 2.47. The number of methoxy groups -OCH3 is 1. The number of amides is 1. The molecular weight excluding hydrogens is 266 g/mol. The molecule has 0 radical (unpaired) electrons. The van der Waals surface area contributed by atoms with E-state index in [1.54, 1.807) is 7.11 Å². The average molecular weight is 291 g/mol. The molecule has 1 saturated heterocycles. The van der Waals surface area contributed by atoms with Gasteiger partial charge in [-0.3, -0.25) is 9.69 Å². The van der Waals surface area contributed by atoms with Crippen molar-refractivity contribution in [2.24, 2.45) is 0 Å². The van der Waals surface area contributed by atoms with Gasteiger partial charge < -0.3 is 15.4 Å². The summed E-state index contributed by atoms with van der Waals surface area (Å²) in [5, 5.41) is 6.34. The van der Waals surface area contributed by atoms with Gasteiger partial charge in [0.05, 0.1) is 13.7 Å². The van der Waals surface area contributed by atoms with Crippen molar-refractivity contribution in [3.8, 4) is 5.75 Å². The summed E-state index contributed by atoms with van der Waals surface area (Å²) in [6.07, 6.45) is 0. The van der Waals surface area contributed by atoms with Crippen LogP contribution in [0.25, 0.3) is 0 Å². The third-order valence-corrected chi connectivity index (χ3v) is 3.98. The Morgan fingerprint density at radius 3 is 2.90 bits per heavy atom. The molecule has 5 nitrogen and oxygen atoms in total. The van der Waals surface area contributed by atoms with Gasteiger partial charge in [0.1, 0.15) is 5.75 Å². The summed E-state index contributed by atoms with van der Waals surface area (Å²) in [6.45, 7) is 7.99. The van der Waals surface area contributed by atoms with Crippen LogP contribution in [0.1, 0.15) is 19.4 Å². The molecule has 0 aliphatic carbocycles. The molecule has 1 aromatic carbocycles. The molecule has 1 amide bonds. The predicted octanol–water partition coefficient (Wildman–Crippen LogP) is 0.995. The van der Waals surface area contributed by atoms with E-state index in [9.17, 15) is 4.79 Å². The number of ether oxygens (including phenoxy) is 1. The second kappa shape index (κ2) is 6.91. The normalized spacial score (nSPS) is 18.2. The summed E-state index contributed by atoms with van der Waals surface area (Å²) in [5.74, 6) is 0.858. The Kier molecular flexibility index (Phi) is 5.20. The summed E-state index contributed by atoms with van der Waals surface area (Å²) in [4.78, 5) is 14.4. The smallest absolute Gasteiger partial charge is 0.234 e. The minimum Gasteiger partial charge on any atom is -0.496 e. The Balaban J connectivity index is 1.87. The highest BCUT2D eigenvalue weighted by atomic mass is 16.5. The molecule has 0 saturated carbocycles. The summed E-state index contributed by atoms with van der Waals surface area (Å²) < 4.78 is 5.29. The topological polar surface area (TPSA) is 53.6 Å². The van der Waals surface area contributed by atoms with Gasteiger partial charge in [-0.25, -0.2) is 0 Å². The van der Waals surface area contributed by atoms with Crippen molar-refractivity contribution < 1.29 is 9.53 Å². The van der Waals surface area contributed by atoms with Crippen LogP contribution in [0, 0.1) is 0 Å². The lowest BCUT2D eigenvalue weighted by atomic mass is 10.0. The lowest BCUT2D eigenvalue weighted by molar-refractivity contribution is -0.124. The first-order valence-corrected chi connectivity index (χ1v) is 7.37. The Hall–Kier alpha value is -1.59. The van der Waals surface area contributed by atoms with E-state index in [-0.39, 0.29) is 11.4 Å². The number of piperazine rings is 1. The Bertz CT molecular complexity index is 488. The molecule has 1 fully saturated rings. The van der Waals surface area contributed by atoms with Crippen molar-refractivity contribution in [3.05, 3.63) is 29.8 Å². The first-order valence-electron chi connectivity index (χ1n) is 7.37. The summed E-state index contributed by atoms with van der Waals surface area (Å²) >= 11 is 0. The lowest BCUT2D eigenvalue weighted by Gasteiger charge is -2.42. The minimum atomic E-state index is 0.0139. The number of hydrogen-bond donors (Lipinski definition) is 2. The van der Waals surface area contributed by atoms with Gasteiger partial charge in [-0.05, 0) is 19.9 Å². The lowest BCUT2D eigenvalue weighted by Crippen LogP contribution is -2.59. The van der Waals surface area contributed by atoms with Crippen molar-refractivity contribution in [1.29, 1.82) is 0 Å². The minimum absolute atomic E-state index is 0.0139. The largest absolute Gasteiger partial charge is 0.496 e. The molecule has 0 spiro atoms. The highest BCUT2D eigenvalue weighted by molar-refractivity contribution is 5.78. The molecule has 21 heavy (non-hydrogen) atoms. The zero-order chi connectivity index (χ0) is 15.3. The molecule has 0 aromatic heterocycles. The Labute approximate surface area is 126 Å². The van der Waals surface area contributed by atoms with Gasteiger partial charge in [0.2, 0.25) is 5.91 Å². The van der Waals surface area contributed by atoms with E-state index in [1.807, 2.05) is 24.3 Å². The van der Waals surface area contributed by atoms with E-state index in [0.717, 1.165) is 30.9 Å². The molecular formula is C16H25N3O2. The summed E-state index contributed by atoms with van der Waals surface area (Å²) in [6, 6.07) is 7.74. The predicted molar refractivity (Wildman–Crippen MR) is 83.4 cm³/mol. The number of carbonyl (C=O) groups is 1. The fourth-order valence-corrected chi connectivity index (χ4v) is 2.59. The molecule has 1 heterocycles. The third kappa shape index (κ3) is 4.19. The van der Waals surface area contributed by atoms with Crippen molar-refractivity contribution >= 4 is 5.91 Å². The van der Waals surface area contributed by atoms with E-state index >= 15 is 0 Å². The van der Waals surface area contributed by atoms with Crippen molar-refractivity contribution in [1.82, 2.24) is 15.5 Å². The quantitative estimate of drug-likeness (QED) is 0.850. The first-order chi connectivity index (χ1) is 10.0. The molecule has 1 aromatic rings. The van der Waals surface area contributed by atoms with Crippen LogP contribution in [0.3, 0.4) is 0 Å². The Morgan fingerprint density at radius 1 is 1.43 bits per heavy atom. The first kappa shape index (κ1) is 15.8. The molecule has 2 N–H and O–H groups in total. The maximum Gasteiger partial charge on any atom is 0.234 e. The Morgan fingerprint density at radius 2 is 2.19 bits per heavy atom. The van der Waals surface area contributed by atoms with Crippen LogP contribution in [0.2, 0.25) is 0 Å². The number of carbonyl (C=O) groups excluding carboxylic acids is 1. The van der Waals surface area contributed by atoms with Crippen LogP contribution >= 0.6 is 0 Å². The van der Waals surface area contributed by atoms with Gasteiger partial charge in [-0.2, -0.15) is 0 Å². The fourth-order valence-electron chi connectivity index (χ4n) is 2.59. The molecule has 1 aliphatic heterocycles. The van der Waals surface area contributed by atoms with Crippen molar-refractivity contribution in [2.75, 3.05) is 33.3 Å². The second-order valence-electron chi connectivity index (χ2n) is 6.00. The monoisotopic (exact) mass is 291 g/mol. The SMILES string of the molecule is COc1ccccc1CNC(=O)CN1CCNCC1(C)C. The van der Waals surface area contributed by atoms with Gasteiger partial charge >= 0.3 is 0 Å². The number of nitrogens with zero attached hydrogens (tertiary/aromatic N) is 1. The number of nitrogens with one attached hydrogen (secondary N) is 2.